The van der Waals surface area contributed by atoms with Gasteiger partial charge in [0.05, 0.1) is 11.7 Å². The summed E-state index contributed by atoms with van der Waals surface area (Å²) < 4.78 is 1.84. The van der Waals surface area contributed by atoms with Crippen LogP contribution >= 0.6 is 0 Å². The van der Waals surface area contributed by atoms with Gasteiger partial charge in [-0.15, -0.1) is 0 Å². The topological polar surface area (TPSA) is 55.1 Å². The Kier molecular flexibility index (Phi) is 1.48. The van der Waals surface area contributed by atoms with Crippen LogP contribution in [0.15, 0.2) is 6.20 Å². The first-order chi connectivity index (χ1) is 6.75. The highest BCUT2D eigenvalue weighted by Gasteiger charge is 2.34. The van der Waals surface area contributed by atoms with Crippen LogP contribution in [0.5, 0.6) is 0 Å². The molecule has 0 aliphatic heterocycles. The van der Waals surface area contributed by atoms with Crippen molar-refractivity contribution in [3.63, 3.8) is 0 Å². The van der Waals surface area contributed by atoms with Gasteiger partial charge in [-0.2, -0.15) is 5.10 Å². The maximum atomic E-state index is 11.0. The fraction of sp³-hybridized carbons (Fsp3) is 0.600. The zero-order chi connectivity index (χ0) is 9.71. The molecule has 74 valence electrons. The molecule has 2 saturated carbocycles. The lowest BCUT2D eigenvalue weighted by Crippen LogP contribution is -1.98. The molecule has 4 heteroatoms. The summed E-state index contributed by atoms with van der Waals surface area (Å²) >= 11 is 0. The predicted molar refractivity (Wildman–Crippen MR) is 49.4 cm³/mol. The van der Waals surface area contributed by atoms with E-state index in [1.165, 1.54) is 0 Å². The highest BCUT2D eigenvalue weighted by molar-refractivity contribution is 5.89. The molecule has 1 N–H and O–H groups in total. The van der Waals surface area contributed by atoms with Crippen LogP contribution in [-0.2, 0) is 0 Å². The summed E-state index contributed by atoms with van der Waals surface area (Å²) in [6.07, 6.45) is 6.19. The van der Waals surface area contributed by atoms with E-state index in [0.29, 0.717) is 17.5 Å². The molecule has 4 nitrogen and oxygen atoms in total. The maximum absolute atomic E-state index is 11.0. The SMILES string of the molecule is O=C(O)c1cn(C2CC2)nc1C1CC1. The van der Waals surface area contributed by atoms with Gasteiger partial charge in [0.1, 0.15) is 5.56 Å². The number of carboxylic acid groups (broad SMARTS) is 1. The van der Waals surface area contributed by atoms with E-state index in [-0.39, 0.29) is 0 Å². The number of aromatic nitrogens is 2. The van der Waals surface area contributed by atoms with Crippen molar-refractivity contribution in [1.29, 1.82) is 0 Å². The zero-order valence-electron chi connectivity index (χ0n) is 7.81. The van der Waals surface area contributed by atoms with Gasteiger partial charge in [0, 0.05) is 12.1 Å². The van der Waals surface area contributed by atoms with Gasteiger partial charge in [0.25, 0.3) is 0 Å². The normalized spacial score (nSPS) is 21.1. The van der Waals surface area contributed by atoms with Crippen molar-refractivity contribution in [2.24, 2.45) is 0 Å². The van der Waals surface area contributed by atoms with E-state index in [4.69, 9.17) is 5.11 Å². The van der Waals surface area contributed by atoms with E-state index in [1.54, 1.807) is 6.20 Å². The van der Waals surface area contributed by atoms with Gasteiger partial charge < -0.3 is 5.11 Å². The first kappa shape index (κ1) is 8.03. The largest absolute Gasteiger partial charge is 0.478 e. The Morgan fingerprint density at radius 3 is 2.64 bits per heavy atom. The Bertz CT molecular complexity index is 389. The molecule has 0 bridgehead atoms. The fourth-order valence-corrected chi connectivity index (χ4v) is 1.75. The van der Waals surface area contributed by atoms with Crippen LogP contribution in [0.25, 0.3) is 0 Å². The lowest BCUT2D eigenvalue weighted by atomic mass is 10.2. The van der Waals surface area contributed by atoms with Crippen LogP contribution in [0.1, 0.15) is 53.7 Å². The molecule has 2 aliphatic carbocycles. The third kappa shape index (κ3) is 1.22. The van der Waals surface area contributed by atoms with Gasteiger partial charge >= 0.3 is 5.97 Å². The molecule has 1 aromatic heterocycles. The Labute approximate surface area is 81.5 Å². The Hall–Kier alpha value is -1.32. The van der Waals surface area contributed by atoms with Crippen molar-refractivity contribution in [2.45, 2.75) is 37.6 Å². The molecule has 2 fully saturated rings. The third-order valence-electron chi connectivity index (χ3n) is 2.88. The molecule has 3 rings (SSSR count). The number of rotatable bonds is 3. The monoisotopic (exact) mass is 192 g/mol. The molecular formula is C10H12N2O2. The van der Waals surface area contributed by atoms with Crippen LogP contribution in [-0.4, -0.2) is 20.9 Å². The highest BCUT2D eigenvalue weighted by Crippen LogP contribution is 2.42. The Balaban J connectivity index is 2.01. The predicted octanol–water partition coefficient (Wildman–Crippen LogP) is 1.79. The van der Waals surface area contributed by atoms with Crippen LogP contribution in [0.2, 0.25) is 0 Å². The van der Waals surface area contributed by atoms with Gasteiger partial charge in [-0.1, -0.05) is 0 Å². The molecule has 14 heavy (non-hydrogen) atoms. The minimum Gasteiger partial charge on any atom is -0.478 e. The summed E-state index contributed by atoms with van der Waals surface area (Å²) in [6, 6.07) is 0.473. The first-order valence-electron chi connectivity index (χ1n) is 5.08. The second kappa shape index (κ2) is 2.59. The van der Waals surface area contributed by atoms with E-state index in [9.17, 15) is 4.79 Å². The molecule has 1 aromatic rings. The average molecular weight is 192 g/mol. The van der Waals surface area contributed by atoms with Crippen molar-refractivity contribution < 1.29 is 9.90 Å². The summed E-state index contributed by atoms with van der Waals surface area (Å²) in [5.41, 5.74) is 1.23. The van der Waals surface area contributed by atoms with E-state index in [0.717, 1.165) is 31.4 Å². The van der Waals surface area contributed by atoms with E-state index >= 15 is 0 Å². The van der Waals surface area contributed by atoms with Crippen molar-refractivity contribution in [1.82, 2.24) is 9.78 Å². The fourth-order valence-electron chi connectivity index (χ4n) is 1.75. The van der Waals surface area contributed by atoms with Crippen molar-refractivity contribution in [2.75, 3.05) is 0 Å². The standard InChI is InChI=1S/C10H12N2O2/c13-10(14)8-5-12(7-3-4-7)11-9(8)6-1-2-6/h5-7H,1-4H2,(H,13,14). The van der Waals surface area contributed by atoms with Crippen LogP contribution < -0.4 is 0 Å². The van der Waals surface area contributed by atoms with Gasteiger partial charge in [-0.25, -0.2) is 4.79 Å². The van der Waals surface area contributed by atoms with Crippen molar-refractivity contribution in [3.05, 3.63) is 17.5 Å². The molecule has 0 unspecified atom stereocenters. The number of nitrogens with zero attached hydrogens (tertiary/aromatic N) is 2. The highest BCUT2D eigenvalue weighted by atomic mass is 16.4. The maximum Gasteiger partial charge on any atom is 0.339 e. The summed E-state index contributed by atoms with van der Waals surface area (Å²) in [5.74, 6) is -0.417. The molecule has 0 amide bonds. The van der Waals surface area contributed by atoms with Gasteiger partial charge in [0.15, 0.2) is 0 Å². The molecule has 0 atom stereocenters. The molecule has 1 heterocycles. The second-order valence-corrected chi connectivity index (χ2v) is 4.22. The molecular weight excluding hydrogens is 180 g/mol. The molecule has 0 aromatic carbocycles. The zero-order valence-corrected chi connectivity index (χ0v) is 7.81. The number of carboxylic acids is 1. The molecule has 0 radical (unpaired) electrons. The average Bonchev–Trinajstić information content (AvgIpc) is 3.03. The summed E-state index contributed by atoms with van der Waals surface area (Å²) in [4.78, 5) is 11.0. The number of hydrogen-bond donors (Lipinski definition) is 1. The Morgan fingerprint density at radius 1 is 1.43 bits per heavy atom. The van der Waals surface area contributed by atoms with Gasteiger partial charge in [-0.05, 0) is 25.7 Å². The number of aromatic carboxylic acids is 1. The van der Waals surface area contributed by atoms with E-state index in [1.807, 2.05) is 4.68 Å². The third-order valence-corrected chi connectivity index (χ3v) is 2.88. The number of carbonyl (C=O) groups is 1. The van der Waals surface area contributed by atoms with Crippen LogP contribution in [0.4, 0.5) is 0 Å². The van der Waals surface area contributed by atoms with Crippen molar-refractivity contribution >= 4 is 5.97 Å². The van der Waals surface area contributed by atoms with E-state index < -0.39 is 5.97 Å². The Morgan fingerprint density at radius 2 is 2.14 bits per heavy atom. The van der Waals surface area contributed by atoms with Crippen LogP contribution in [0.3, 0.4) is 0 Å². The van der Waals surface area contributed by atoms with Gasteiger partial charge in [0.2, 0.25) is 0 Å². The van der Waals surface area contributed by atoms with E-state index in [2.05, 4.69) is 5.10 Å². The summed E-state index contributed by atoms with van der Waals surface area (Å²) in [6.45, 7) is 0. The molecule has 2 aliphatic rings. The number of hydrogen-bond acceptors (Lipinski definition) is 2. The smallest absolute Gasteiger partial charge is 0.339 e. The quantitative estimate of drug-likeness (QED) is 0.794. The first-order valence-corrected chi connectivity index (χ1v) is 5.08. The molecule has 0 spiro atoms. The molecule has 0 saturated heterocycles. The lowest BCUT2D eigenvalue weighted by molar-refractivity contribution is 0.0695. The van der Waals surface area contributed by atoms with Crippen molar-refractivity contribution in [3.8, 4) is 0 Å². The summed E-state index contributed by atoms with van der Waals surface area (Å²) in [7, 11) is 0. The minimum atomic E-state index is -0.834. The minimum absolute atomic E-state index is 0.416. The van der Waals surface area contributed by atoms with Crippen LogP contribution in [0, 0.1) is 0 Å². The van der Waals surface area contributed by atoms with Gasteiger partial charge in [-0.3, -0.25) is 4.68 Å². The lowest BCUT2D eigenvalue weighted by Gasteiger charge is -1.93. The second-order valence-electron chi connectivity index (χ2n) is 4.22. The summed E-state index contributed by atoms with van der Waals surface area (Å²) in [5, 5.41) is 13.4.